The lowest BCUT2D eigenvalue weighted by Gasteiger charge is -2.06. The second-order valence-corrected chi connectivity index (χ2v) is 2.79. The van der Waals surface area contributed by atoms with Crippen LogP contribution in [-0.2, 0) is 12.6 Å². The first-order valence-corrected chi connectivity index (χ1v) is 3.93. The van der Waals surface area contributed by atoms with Gasteiger partial charge in [-0.2, -0.15) is 18.4 Å². The topological polar surface area (TPSA) is 79.8 Å². The summed E-state index contributed by atoms with van der Waals surface area (Å²) in [5.41, 5.74) is -2.23. The highest BCUT2D eigenvalue weighted by Gasteiger charge is 2.34. The number of rotatable bonds is 2. The largest absolute Gasteiger partial charge is 0.433 e. The van der Waals surface area contributed by atoms with Gasteiger partial charge in [0.25, 0.3) is 5.69 Å². The molecule has 0 radical (unpaired) electrons. The molecule has 0 saturated heterocycles. The van der Waals surface area contributed by atoms with E-state index >= 15 is 0 Å². The summed E-state index contributed by atoms with van der Waals surface area (Å²) in [5, 5.41) is 18.8. The molecule has 16 heavy (non-hydrogen) atoms. The molecule has 1 aromatic heterocycles. The average Bonchev–Trinajstić information content (AvgIpc) is 2.16. The Balaban J connectivity index is 3.29. The molecule has 0 aliphatic carbocycles. The number of halogens is 3. The van der Waals surface area contributed by atoms with E-state index in [2.05, 4.69) is 4.98 Å². The minimum atomic E-state index is -4.74. The van der Waals surface area contributed by atoms with Gasteiger partial charge in [-0.15, -0.1) is 0 Å². The summed E-state index contributed by atoms with van der Waals surface area (Å²) in [5.74, 6) is 0. The molecule has 0 fully saturated rings. The lowest BCUT2D eigenvalue weighted by Crippen LogP contribution is -2.09. The van der Waals surface area contributed by atoms with E-state index in [0.717, 1.165) is 0 Å². The quantitative estimate of drug-likeness (QED) is 0.576. The normalized spacial score (nSPS) is 10.9. The molecule has 5 nitrogen and oxygen atoms in total. The molecule has 0 amide bonds. The zero-order valence-corrected chi connectivity index (χ0v) is 7.65. The van der Waals surface area contributed by atoms with Gasteiger partial charge in [0.2, 0.25) is 0 Å². The third-order valence-electron chi connectivity index (χ3n) is 1.72. The molecule has 0 atom stereocenters. The van der Waals surface area contributed by atoms with Crippen LogP contribution < -0.4 is 0 Å². The van der Waals surface area contributed by atoms with Crippen molar-refractivity contribution in [1.29, 1.82) is 5.26 Å². The number of aromatic nitrogens is 1. The monoisotopic (exact) mass is 231 g/mol. The van der Waals surface area contributed by atoms with Crippen molar-refractivity contribution in [2.24, 2.45) is 0 Å². The first-order valence-electron chi connectivity index (χ1n) is 3.93. The average molecular weight is 231 g/mol. The van der Waals surface area contributed by atoms with Crippen molar-refractivity contribution < 1.29 is 18.1 Å². The Morgan fingerprint density at radius 2 is 2.19 bits per heavy atom. The Morgan fingerprint density at radius 3 is 2.62 bits per heavy atom. The van der Waals surface area contributed by atoms with Crippen molar-refractivity contribution in [3.63, 3.8) is 0 Å². The minimum absolute atomic E-state index is 0.138. The van der Waals surface area contributed by atoms with Crippen molar-refractivity contribution in [2.45, 2.75) is 12.6 Å². The van der Waals surface area contributed by atoms with E-state index in [9.17, 15) is 23.3 Å². The van der Waals surface area contributed by atoms with Crippen LogP contribution >= 0.6 is 0 Å². The Kier molecular flexibility index (Phi) is 3.08. The van der Waals surface area contributed by atoms with E-state index in [4.69, 9.17) is 5.26 Å². The summed E-state index contributed by atoms with van der Waals surface area (Å²) in [7, 11) is 0. The number of nitrogens with zero attached hydrogens (tertiary/aromatic N) is 3. The number of pyridine rings is 1. The number of hydrogen-bond donors (Lipinski definition) is 0. The minimum Gasteiger partial charge on any atom is -0.258 e. The molecular formula is C8H4F3N3O2. The molecule has 0 aliphatic rings. The van der Waals surface area contributed by atoms with E-state index in [1.54, 1.807) is 6.07 Å². The van der Waals surface area contributed by atoms with Crippen molar-refractivity contribution >= 4 is 5.69 Å². The Hall–Kier alpha value is -2.17. The molecule has 0 aromatic carbocycles. The molecule has 0 bridgehead atoms. The van der Waals surface area contributed by atoms with Crippen molar-refractivity contribution in [3.05, 3.63) is 33.6 Å². The van der Waals surface area contributed by atoms with Gasteiger partial charge in [-0.05, 0) is 0 Å². The van der Waals surface area contributed by atoms with Crippen LogP contribution in [-0.4, -0.2) is 9.91 Å². The second kappa shape index (κ2) is 4.14. The first kappa shape index (κ1) is 11.9. The molecule has 1 heterocycles. The molecule has 8 heteroatoms. The van der Waals surface area contributed by atoms with Crippen LogP contribution in [0.15, 0.2) is 12.3 Å². The van der Waals surface area contributed by atoms with E-state index in [0.29, 0.717) is 12.3 Å². The van der Waals surface area contributed by atoms with Gasteiger partial charge in [0.1, 0.15) is 0 Å². The molecular weight excluding hydrogens is 227 g/mol. The van der Waals surface area contributed by atoms with Crippen LogP contribution in [0.25, 0.3) is 0 Å². The van der Waals surface area contributed by atoms with Gasteiger partial charge in [0.05, 0.1) is 23.0 Å². The molecule has 1 rings (SSSR count). The van der Waals surface area contributed by atoms with Crippen LogP contribution in [0.1, 0.15) is 11.3 Å². The van der Waals surface area contributed by atoms with Crippen LogP contribution in [0, 0.1) is 21.4 Å². The maximum Gasteiger partial charge on any atom is 0.433 e. The molecule has 0 N–H and O–H groups in total. The number of hydrogen-bond acceptors (Lipinski definition) is 4. The SMILES string of the molecule is N#CCc1cnc(C(F)(F)F)cc1[N+](=O)[O-]. The molecule has 0 aliphatic heterocycles. The van der Waals surface area contributed by atoms with Gasteiger partial charge in [-0.3, -0.25) is 15.1 Å². The van der Waals surface area contributed by atoms with Crippen LogP contribution in [0.2, 0.25) is 0 Å². The highest BCUT2D eigenvalue weighted by molar-refractivity contribution is 5.41. The van der Waals surface area contributed by atoms with Crippen molar-refractivity contribution in [1.82, 2.24) is 4.98 Å². The van der Waals surface area contributed by atoms with Crippen LogP contribution in [0.3, 0.4) is 0 Å². The summed E-state index contributed by atoms with van der Waals surface area (Å²) in [4.78, 5) is 12.5. The van der Waals surface area contributed by atoms with Crippen LogP contribution in [0.4, 0.5) is 18.9 Å². The summed E-state index contributed by atoms with van der Waals surface area (Å²) in [6.45, 7) is 0. The highest BCUT2D eigenvalue weighted by Crippen LogP contribution is 2.31. The standard InChI is InChI=1S/C8H4F3N3O2/c9-8(10,11)7-3-6(14(15)16)5(1-2-12)4-13-7/h3-4H,1H2. The maximum absolute atomic E-state index is 12.2. The Morgan fingerprint density at radius 1 is 1.56 bits per heavy atom. The smallest absolute Gasteiger partial charge is 0.258 e. The summed E-state index contributed by atoms with van der Waals surface area (Å²) >= 11 is 0. The summed E-state index contributed by atoms with van der Waals surface area (Å²) < 4.78 is 36.6. The van der Waals surface area contributed by atoms with Crippen molar-refractivity contribution in [3.8, 4) is 6.07 Å². The number of nitro groups is 1. The predicted octanol–water partition coefficient (Wildman–Crippen LogP) is 2.07. The lowest BCUT2D eigenvalue weighted by molar-refractivity contribution is -0.385. The van der Waals surface area contributed by atoms with Gasteiger partial charge in [0, 0.05) is 12.3 Å². The maximum atomic E-state index is 12.2. The number of alkyl halides is 3. The summed E-state index contributed by atoms with van der Waals surface area (Å²) in [6.07, 6.45) is -4.40. The lowest BCUT2D eigenvalue weighted by atomic mass is 10.1. The molecule has 0 saturated carbocycles. The van der Waals surface area contributed by atoms with Gasteiger partial charge in [-0.1, -0.05) is 0 Å². The van der Waals surface area contributed by atoms with Gasteiger partial charge >= 0.3 is 6.18 Å². The fraction of sp³-hybridized carbons (Fsp3) is 0.250. The van der Waals surface area contributed by atoms with Gasteiger partial charge in [-0.25, -0.2) is 0 Å². The third-order valence-corrected chi connectivity index (χ3v) is 1.72. The van der Waals surface area contributed by atoms with Crippen LogP contribution in [0.5, 0.6) is 0 Å². The van der Waals surface area contributed by atoms with E-state index in [1.165, 1.54) is 0 Å². The summed E-state index contributed by atoms with van der Waals surface area (Å²) in [6, 6.07) is 1.94. The van der Waals surface area contributed by atoms with E-state index in [-0.39, 0.29) is 12.0 Å². The second-order valence-electron chi connectivity index (χ2n) is 2.79. The van der Waals surface area contributed by atoms with Gasteiger partial charge < -0.3 is 0 Å². The van der Waals surface area contributed by atoms with E-state index < -0.39 is 22.5 Å². The molecule has 0 spiro atoms. The highest BCUT2D eigenvalue weighted by atomic mass is 19.4. The fourth-order valence-electron chi connectivity index (χ4n) is 1.02. The molecule has 1 aromatic rings. The zero-order valence-electron chi connectivity index (χ0n) is 7.65. The number of nitriles is 1. The Bertz CT molecular complexity index is 465. The molecule has 0 unspecified atom stereocenters. The van der Waals surface area contributed by atoms with Crippen molar-refractivity contribution in [2.75, 3.05) is 0 Å². The predicted molar refractivity (Wildman–Crippen MR) is 45.2 cm³/mol. The zero-order chi connectivity index (χ0) is 12.3. The molecule has 84 valence electrons. The van der Waals surface area contributed by atoms with Gasteiger partial charge in [0.15, 0.2) is 5.69 Å². The van der Waals surface area contributed by atoms with E-state index in [1.807, 2.05) is 0 Å². The first-order chi connectivity index (χ1) is 7.36. The Labute approximate surface area is 87.3 Å². The fourth-order valence-corrected chi connectivity index (χ4v) is 1.02. The third kappa shape index (κ3) is 2.44.